The number of hydrogen-bond donors (Lipinski definition) is 1. The van der Waals surface area contributed by atoms with Gasteiger partial charge in [0.15, 0.2) is 0 Å². The fourth-order valence-electron chi connectivity index (χ4n) is 0. The standard InChI is InChI=1S/CH2ClN.ClH/c2-1-3;/h1,3H;1H. The maximum atomic E-state index is 5.85. The van der Waals surface area contributed by atoms with Gasteiger partial charge in [-0.25, -0.2) is 0 Å². The molecular formula is CH3Cl2N. The summed E-state index contributed by atoms with van der Waals surface area (Å²) in [5.41, 5.74) is 0.722. The molecular weight excluding hydrogens is 96.9 g/mol. The molecule has 0 aliphatic heterocycles. The average Bonchev–Trinajstić information content (AvgIpc) is 0.918. The molecule has 0 radical (unpaired) electrons. The van der Waals surface area contributed by atoms with E-state index >= 15 is 0 Å². The first-order valence-corrected chi connectivity index (χ1v) is 0.943. The van der Waals surface area contributed by atoms with E-state index in [1.165, 1.54) is 0 Å². The van der Waals surface area contributed by atoms with Gasteiger partial charge in [-0.15, -0.1) is 12.4 Å². The molecule has 0 aliphatic rings. The summed E-state index contributed by atoms with van der Waals surface area (Å²) in [6.07, 6.45) is 0. The molecule has 3 heteroatoms. The van der Waals surface area contributed by atoms with Crippen LogP contribution >= 0.6 is 24.0 Å². The van der Waals surface area contributed by atoms with Gasteiger partial charge in [-0.2, -0.15) is 0 Å². The molecule has 0 atom stereocenters. The highest BCUT2D eigenvalue weighted by Gasteiger charge is 1.20. The molecule has 4 heavy (non-hydrogen) atoms. The van der Waals surface area contributed by atoms with Gasteiger partial charge in [0.05, 0.1) is 5.67 Å². The Kier molecular flexibility index (Phi) is 23.3. The maximum Gasteiger partial charge on any atom is 0.0836 e. The van der Waals surface area contributed by atoms with Crippen LogP contribution in [-0.2, 0) is 0 Å². The van der Waals surface area contributed by atoms with E-state index in [1.54, 1.807) is 0 Å². The van der Waals surface area contributed by atoms with Crippen molar-refractivity contribution in [3.05, 3.63) is 0 Å². The van der Waals surface area contributed by atoms with Crippen molar-refractivity contribution in [1.82, 2.24) is 0 Å². The van der Waals surface area contributed by atoms with E-state index in [9.17, 15) is 0 Å². The van der Waals surface area contributed by atoms with Crippen LogP contribution in [0.3, 0.4) is 0 Å². The molecule has 0 bridgehead atoms. The topological polar surface area (TPSA) is 23.9 Å². The van der Waals surface area contributed by atoms with Crippen LogP contribution in [0.25, 0.3) is 0 Å². The predicted octanol–water partition coefficient (Wildman–Crippen LogP) is 1.25. The van der Waals surface area contributed by atoms with E-state index < -0.39 is 0 Å². The van der Waals surface area contributed by atoms with Crippen LogP contribution in [0.5, 0.6) is 0 Å². The van der Waals surface area contributed by atoms with E-state index in [0.29, 0.717) is 0 Å². The second-order valence-electron chi connectivity index (χ2n) is 0.109. The SMILES string of the molecule is Cl.N=CCl. The van der Waals surface area contributed by atoms with Crippen LogP contribution in [0.2, 0.25) is 0 Å². The quantitative estimate of drug-likeness (QED) is 0.443. The van der Waals surface area contributed by atoms with E-state index in [-0.39, 0.29) is 12.4 Å². The first kappa shape index (κ1) is 8.87. The molecule has 1 N–H and O–H groups in total. The fraction of sp³-hybridized carbons (Fsp3) is 0. The van der Waals surface area contributed by atoms with E-state index in [1.807, 2.05) is 0 Å². The van der Waals surface area contributed by atoms with Crippen LogP contribution in [0, 0.1) is 5.41 Å². The van der Waals surface area contributed by atoms with Crippen LogP contribution in [0.4, 0.5) is 0 Å². The van der Waals surface area contributed by atoms with Gasteiger partial charge in [-0.05, 0) is 0 Å². The number of hydrogen-bond acceptors (Lipinski definition) is 1. The van der Waals surface area contributed by atoms with Gasteiger partial charge in [-0.1, -0.05) is 11.6 Å². The van der Waals surface area contributed by atoms with Crippen LogP contribution < -0.4 is 0 Å². The molecule has 0 rings (SSSR count). The molecule has 0 spiro atoms. The van der Waals surface area contributed by atoms with Crippen molar-refractivity contribution >= 4 is 29.7 Å². The largest absolute Gasteiger partial charge is 0.297 e. The zero-order valence-corrected chi connectivity index (χ0v) is 3.44. The van der Waals surface area contributed by atoms with Gasteiger partial charge >= 0.3 is 0 Å². The van der Waals surface area contributed by atoms with Gasteiger partial charge in [-0.3, -0.25) is 5.41 Å². The summed E-state index contributed by atoms with van der Waals surface area (Å²) >= 11 is 4.54. The van der Waals surface area contributed by atoms with Gasteiger partial charge < -0.3 is 0 Å². The summed E-state index contributed by atoms with van der Waals surface area (Å²) in [4.78, 5) is 0. The first-order valence-electron chi connectivity index (χ1n) is 0.507. The van der Waals surface area contributed by atoms with Crippen molar-refractivity contribution in [1.29, 1.82) is 5.41 Å². The minimum absolute atomic E-state index is 0. The Morgan fingerprint density at radius 1 is 1.75 bits per heavy atom. The molecule has 0 amide bonds. The van der Waals surface area contributed by atoms with Crippen molar-refractivity contribution < 1.29 is 0 Å². The minimum Gasteiger partial charge on any atom is -0.297 e. The lowest BCUT2D eigenvalue weighted by atomic mass is 11.7. The van der Waals surface area contributed by atoms with E-state index in [4.69, 9.17) is 5.41 Å². The van der Waals surface area contributed by atoms with Gasteiger partial charge in [0.25, 0.3) is 0 Å². The predicted molar refractivity (Wildman–Crippen MR) is 21.9 cm³/mol. The lowest BCUT2D eigenvalue weighted by molar-refractivity contribution is 1.60. The van der Waals surface area contributed by atoms with Crippen molar-refractivity contribution in [3.63, 3.8) is 0 Å². The lowest BCUT2D eigenvalue weighted by Crippen LogP contribution is -1.20. The third-order valence-corrected chi connectivity index (χ3v) is 0. The molecule has 0 saturated heterocycles. The molecule has 0 unspecified atom stereocenters. The third-order valence-electron chi connectivity index (χ3n) is 0. The number of nitrogens with one attached hydrogen (secondary N) is 1. The monoisotopic (exact) mass is 99.0 g/mol. The highest BCUT2D eigenvalue weighted by molar-refractivity contribution is 6.55. The molecule has 1 nitrogen and oxygen atoms in total. The van der Waals surface area contributed by atoms with Gasteiger partial charge in [0, 0.05) is 0 Å². The van der Waals surface area contributed by atoms with Gasteiger partial charge in [0.2, 0.25) is 0 Å². The Morgan fingerprint density at radius 3 is 1.75 bits per heavy atom. The molecule has 0 heterocycles. The lowest BCUT2D eigenvalue weighted by Gasteiger charge is -1.27. The Hall–Kier alpha value is 0.250. The smallest absolute Gasteiger partial charge is 0.0836 e. The van der Waals surface area contributed by atoms with E-state index in [0.717, 1.165) is 5.67 Å². The second-order valence-corrected chi connectivity index (χ2v) is 0.327. The summed E-state index contributed by atoms with van der Waals surface area (Å²) in [5, 5.41) is 5.85. The normalized spacial score (nSPS) is 3.25. The molecule has 0 aromatic heterocycles. The Morgan fingerprint density at radius 2 is 1.75 bits per heavy atom. The molecule has 0 aliphatic carbocycles. The molecule has 0 fully saturated rings. The van der Waals surface area contributed by atoms with Crippen molar-refractivity contribution in [3.8, 4) is 0 Å². The van der Waals surface area contributed by atoms with E-state index in [2.05, 4.69) is 11.6 Å². The Balaban J connectivity index is 0. The van der Waals surface area contributed by atoms with Crippen molar-refractivity contribution in [2.75, 3.05) is 0 Å². The second kappa shape index (κ2) is 10.5. The zero-order valence-electron chi connectivity index (χ0n) is 1.86. The Bertz CT molecular complexity index is 13.5. The first-order chi connectivity index (χ1) is 1.41. The third kappa shape index (κ3) is 56.3. The number of rotatable bonds is 0. The highest BCUT2D eigenvalue weighted by Crippen LogP contribution is 1.43. The van der Waals surface area contributed by atoms with Crippen molar-refractivity contribution in [2.45, 2.75) is 0 Å². The average molecular weight is 99.9 g/mol. The molecule has 26 valence electrons. The Labute approximate surface area is 35.9 Å². The summed E-state index contributed by atoms with van der Waals surface area (Å²) in [6, 6.07) is 0. The summed E-state index contributed by atoms with van der Waals surface area (Å²) in [7, 11) is 0. The summed E-state index contributed by atoms with van der Waals surface area (Å²) < 4.78 is 0. The van der Waals surface area contributed by atoms with Crippen molar-refractivity contribution in [2.24, 2.45) is 0 Å². The van der Waals surface area contributed by atoms with Gasteiger partial charge in [0.1, 0.15) is 0 Å². The fourth-order valence-corrected chi connectivity index (χ4v) is 0. The number of halogens is 2. The maximum absolute atomic E-state index is 5.85. The van der Waals surface area contributed by atoms with Crippen LogP contribution in [0.1, 0.15) is 0 Å². The zero-order chi connectivity index (χ0) is 2.71. The molecule has 0 aromatic rings. The molecule has 0 saturated carbocycles. The summed E-state index contributed by atoms with van der Waals surface area (Å²) in [6.45, 7) is 0. The summed E-state index contributed by atoms with van der Waals surface area (Å²) in [5.74, 6) is 0. The minimum atomic E-state index is 0. The van der Waals surface area contributed by atoms with Crippen LogP contribution in [0.15, 0.2) is 0 Å². The molecule has 0 aromatic carbocycles. The van der Waals surface area contributed by atoms with Crippen LogP contribution in [-0.4, -0.2) is 5.67 Å². The highest BCUT2D eigenvalue weighted by atomic mass is 35.5.